The molecule has 2 aromatic rings. The van der Waals surface area contributed by atoms with Gasteiger partial charge in [-0.25, -0.2) is 0 Å². The highest BCUT2D eigenvalue weighted by Crippen LogP contribution is 2.30. The molecule has 1 aromatic carbocycles. The normalized spacial score (nSPS) is 11.3. The molecule has 0 saturated heterocycles. The molecule has 0 bridgehead atoms. The molecule has 98 valence electrons. The third-order valence-electron chi connectivity index (χ3n) is 2.52. The molecular formula is C13H8F3NO2. The Balaban J connectivity index is 2.59. The molecule has 3 nitrogen and oxygen atoms in total. The molecular weight excluding hydrogens is 259 g/mol. The number of rotatable bonds is 2. The second-order valence-corrected chi connectivity index (χ2v) is 3.84. The summed E-state index contributed by atoms with van der Waals surface area (Å²) in [4.78, 5) is 22.2. The van der Waals surface area contributed by atoms with Crippen LogP contribution in [0.15, 0.2) is 47.4 Å². The largest absolute Gasteiger partial charge is 0.416 e. The molecule has 0 atom stereocenters. The van der Waals surface area contributed by atoms with E-state index in [1.165, 1.54) is 24.4 Å². The van der Waals surface area contributed by atoms with E-state index in [1.807, 2.05) is 0 Å². The Bertz CT molecular complexity index is 674. The average molecular weight is 267 g/mol. The van der Waals surface area contributed by atoms with E-state index in [0.29, 0.717) is 6.29 Å². The van der Waals surface area contributed by atoms with E-state index in [1.54, 1.807) is 0 Å². The van der Waals surface area contributed by atoms with Crippen molar-refractivity contribution in [3.05, 3.63) is 64.1 Å². The topological polar surface area (TPSA) is 39.1 Å². The lowest BCUT2D eigenvalue weighted by atomic mass is 10.2. The molecule has 1 heterocycles. The summed E-state index contributed by atoms with van der Waals surface area (Å²) in [6.07, 6.45) is -2.77. The lowest BCUT2D eigenvalue weighted by molar-refractivity contribution is -0.137. The first-order valence-electron chi connectivity index (χ1n) is 5.27. The van der Waals surface area contributed by atoms with Gasteiger partial charge in [0, 0.05) is 23.5 Å². The first kappa shape index (κ1) is 13.1. The van der Waals surface area contributed by atoms with E-state index in [2.05, 4.69) is 0 Å². The Morgan fingerprint density at radius 3 is 2.47 bits per heavy atom. The Morgan fingerprint density at radius 1 is 1.11 bits per heavy atom. The van der Waals surface area contributed by atoms with E-state index >= 15 is 0 Å². The van der Waals surface area contributed by atoms with Crippen LogP contribution in [-0.4, -0.2) is 10.9 Å². The Hall–Kier alpha value is -2.37. The van der Waals surface area contributed by atoms with Gasteiger partial charge in [0.25, 0.3) is 5.56 Å². The Morgan fingerprint density at radius 2 is 1.84 bits per heavy atom. The summed E-state index contributed by atoms with van der Waals surface area (Å²) in [5.41, 5.74) is -1.10. The van der Waals surface area contributed by atoms with Gasteiger partial charge in [0.2, 0.25) is 0 Å². The second kappa shape index (κ2) is 4.72. The molecule has 19 heavy (non-hydrogen) atoms. The quantitative estimate of drug-likeness (QED) is 0.785. The fourth-order valence-electron chi connectivity index (χ4n) is 1.61. The SMILES string of the molecule is O=Cc1ccc(=O)n(-c2cccc(C(F)(F)F)c2)c1. The molecule has 0 fully saturated rings. The molecule has 0 radical (unpaired) electrons. The number of aldehydes is 1. The lowest BCUT2D eigenvalue weighted by Crippen LogP contribution is -2.17. The van der Waals surface area contributed by atoms with Crippen molar-refractivity contribution < 1.29 is 18.0 Å². The van der Waals surface area contributed by atoms with E-state index in [4.69, 9.17) is 0 Å². The number of halogens is 3. The minimum absolute atomic E-state index is 0.0588. The van der Waals surface area contributed by atoms with Gasteiger partial charge in [0.05, 0.1) is 5.56 Å². The van der Waals surface area contributed by atoms with Crippen LogP contribution in [0.1, 0.15) is 15.9 Å². The number of hydrogen-bond donors (Lipinski definition) is 0. The molecule has 0 aliphatic carbocycles. The lowest BCUT2D eigenvalue weighted by Gasteiger charge is -2.10. The third-order valence-corrected chi connectivity index (χ3v) is 2.52. The van der Waals surface area contributed by atoms with E-state index < -0.39 is 17.3 Å². The molecule has 0 N–H and O–H groups in total. The molecule has 0 amide bonds. The van der Waals surface area contributed by atoms with Crippen molar-refractivity contribution in [3.63, 3.8) is 0 Å². The van der Waals surface area contributed by atoms with Gasteiger partial charge < -0.3 is 0 Å². The predicted octanol–water partition coefficient (Wildman–Crippen LogP) is 2.67. The molecule has 0 saturated carbocycles. The minimum Gasteiger partial charge on any atom is -0.298 e. The van der Waals surface area contributed by atoms with Gasteiger partial charge in [-0.2, -0.15) is 13.2 Å². The van der Waals surface area contributed by atoms with E-state index in [9.17, 15) is 22.8 Å². The minimum atomic E-state index is -4.48. The monoisotopic (exact) mass is 267 g/mol. The van der Waals surface area contributed by atoms with Crippen LogP contribution in [0.25, 0.3) is 5.69 Å². The average Bonchev–Trinajstić information content (AvgIpc) is 2.38. The maximum absolute atomic E-state index is 12.6. The van der Waals surface area contributed by atoms with E-state index in [-0.39, 0.29) is 11.3 Å². The van der Waals surface area contributed by atoms with Crippen LogP contribution in [0.3, 0.4) is 0 Å². The number of carbonyl (C=O) groups is 1. The van der Waals surface area contributed by atoms with Crippen LogP contribution in [0, 0.1) is 0 Å². The first-order valence-corrected chi connectivity index (χ1v) is 5.27. The molecule has 0 aliphatic rings. The summed E-state index contributed by atoms with van der Waals surface area (Å²) < 4.78 is 38.8. The van der Waals surface area contributed by atoms with Crippen molar-refractivity contribution in [2.45, 2.75) is 6.18 Å². The smallest absolute Gasteiger partial charge is 0.298 e. The zero-order valence-corrected chi connectivity index (χ0v) is 9.52. The van der Waals surface area contributed by atoms with Crippen molar-refractivity contribution in [1.29, 1.82) is 0 Å². The maximum atomic E-state index is 12.6. The number of hydrogen-bond acceptors (Lipinski definition) is 2. The molecule has 2 rings (SSSR count). The summed E-state index contributed by atoms with van der Waals surface area (Å²) in [5, 5.41) is 0. The first-order chi connectivity index (χ1) is 8.91. The van der Waals surface area contributed by atoms with Gasteiger partial charge in [0.15, 0.2) is 6.29 Å². The highest BCUT2D eigenvalue weighted by atomic mass is 19.4. The van der Waals surface area contributed by atoms with Crippen LogP contribution in [0.2, 0.25) is 0 Å². The highest BCUT2D eigenvalue weighted by molar-refractivity contribution is 5.74. The van der Waals surface area contributed by atoms with Crippen molar-refractivity contribution in [3.8, 4) is 5.69 Å². The number of carbonyl (C=O) groups excluding carboxylic acids is 1. The fraction of sp³-hybridized carbons (Fsp3) is 0.0769. The third kappa shape index (κ3) is 2.73. The predicted molar refractivity (Wildman–Crippen MR) is 62.4 cm³/mol. The van der Waals surface area contributed by atoms with Gasteiger partial charge in [-0.3, -0.25) is 14.2 Å². The van der Waals surface area contributed by atoms with Gasteiger partial charge in [-0.15, -0.1) is 0 Å². The summed E-state index contributed by atoms with van der Waals surface area (Å²) in [6.45, 7) is 0. The van der Waals surface area contributed by atoms with Crippen molar-refractivity contribution in [1.82, 2.24) is 4.57 Å². The maximum Gasteiger partial charge on any atom is 0.416 e. The highest BCUT2D eigenvalue weighted by Gasteiger charge is 2.30. The molecule has 0 spiro atoms. The van der Waals surface area contributed by atoms with Gasteiger partial charge in [0.1, 0.15) is 0 Å². The summed E-state index contributed by atoms with van der Waals surface area (Å²) in [6, 6.07) is 6.78. The van der Waals surface area contributed by atoms with Gasteiger partial charge >= 0.3 is 6.18 Å². The standard InChI is InChI=1S/C13H8F3NO2/c14-13(15,16)10-2-1-3-11(6-10)17-7-9(8-18)4-5-12(17)19/h1-8H. The van der Waals surface area contributed by atoms with Crippen molar-refractivity contribution >= 4 is 6.29 Å². The summed E-state index contributed by atoms with van der Waals surface area (Å²) >= 11 is 0. The summed E-state index contributed by atoms with van der Waals surface area (Å²) in [7, 11) is 0. The summed E-state index contributed by atoms with van der Waals surface area (Å²) in [5.74, 6) is 0. The Kier molecular flexibility index (Phi) is 3.25. The molecule has 0 unspecified atom stereocenters. The Labute approximate surface area is 105 Å². The zero-order chi connectivity index (χ0) is 14.0. The van der Waals surface area contributed by atoms with Gasteiger partial charge in [-0.05, 0) is 24.3 Å². The number of alkyl halides is 3. The molecule has 6 heteroatoms. The zero-order valence-electron chi connectivity index (χ0n) is 9.52. The van der Waals surface area contributed by atoms with E-state index in [0.717, 1.165) is 22.8 Å². The second-order valence-electron chi connectivity index (χ2n) is 3.84. The van der Waals surface area contributed by atoms with Crippen LogP contribution >= 0.6 is 0 Å². The van der Waals surface area contributed by atoms with Crippen LogP contribution < -0.4 is 5.56 Å². The van der Waals surface area contributed by atoms with Crippen LogP contribution in [0.5, 0.6) is 0 Å². The molecule has 1 aromatic heterocycles. The van der Waals surface area contributed by atoms with Crippen molar-refractivity contribution in [2.75, 3.05) is 0 Å². The van der Waals surface area contributed by atoms with Crippen LogP contribution in [-0.2, 0) is 6.18 Å². The number of benzene rings is 1. The van der Waals surface area contributed by atoms with Crippen molar-refractivity contribution in [2.24, 2.45) is 0 Å². The fourth-order valence-corrected chi connectivity index (χ4v) is 1.61. The molecule has 0 aliphatic heterocycles. The van der Waals surface area contributed by atoms with Crippen LogP contribution in [0.4, 0.5) is 13.2 Å². The number of aromatic nitrogens is 1. The number of nitrogens with zero attached hydrogens (tertiary/aromatic N) is 1. The number of pyridine rings is 1. The van der Waals surface area contributed by atoms with Gasteiger partial charge in [-0.1, -0.05) is 6.07 Å².